The molecule has 0 unspecified atom stereocenters. The second-order valence-electron chi connectivity index (χ2n) is 4.17. The van der Waals surface area contributed by atoms with Crippen LogP contribution in [0.3, 0.4) is 0 Å². The molecule has 0 aliphatic carbocycles. The maximum absolute atomic E-state index is 5.76. The molecule has 2 N–H and O–H groups in total. The zero-order valence-electron chi connectivity index (χ0n) is 10.8. The lowest BCUT2D eigenvalue weighted by molar-refractivity contribution is 0.0670. The first-order valence-corrected chi connectivity index (χ1v) is 6.20. The Hall–Kier alpha value is -1.36. The molecule has 0 saturated carbocycles. The van der Waals surface area contributed by atoms with Crippen LogP contribution in [0.4, 0.5) is 0 Å². The van der Waals surface area contributed by atoms with Crippen LogP contribution in [-0.4, -0.2) is 31.5 Å². The Balaban J connectivity index is 2.04. The minimum atomic E-state index is 0.568. The fourth-order valence-electron chi connectivity index (χ4n) is 2.08. The fraction of sp³-hybridized carbons (Fsp3) is 0.429. The van der Waals surface area contributed by atoms with E-state index < -0.39 is 0 Å². The van der Waals surface area contributed by atoms with Crippen molar-refractivity contribution in [1.29, 1.82) is 0 Å². The molecule has 0 amide bonds. The summed E-state index contributed by atoms with van der Waals surface area (Å²) in [5, 5.41) is 1.23. The molecule has 0 radical (unpaired) electrons. The van der Waals surface area contributed by atoms with Crippen molar-refractivity contribution >= 4 is 10.9 Å². The molecule has 1 aromatic heterocycles. The SMILES string of the molecule is COCCOCCn1cc(CN)c2ccccc21. The average molecular weight is 248 g/mol. The lowest BCUT2D eigenvalue weighted by atomic mass is 10.2. The van der Waals surface area contributed by atoms with Crippen LogP contribution in [0.15, 0.2) is 30.5 Å². The van der Waals surface area contributed by atoms with Gasteiger partial charge in [-0.2, -0.15) is 0 Å². The Morgan fingerprint density at radius 1 is 1.17 bits per heavy atom. The molecule has 2 aromatic rings. The molecule has 0 aliphatic rings. The predicted octanol–water partition coefficient (Wildman–Crippen LogP) is 1.76. The van der Waals surface area contributed by atoms with E-state index in [0.29, 0.717) is 26.4 Å². The molecular weight excluding hydrogens is 228 g/mol. The summed E-state index contributed by atoms with van der Waals surface area (Å²) >= 11 is 0. The molecule has 0 bridgehead atoms. The normalized spacial score (nSPS) is 11.2. The van der Waals surface area contributed by atoms with Crippen molar-refractivity contribution in [3.8, 4) is 0 Å². The summed E-state index contributed by atoms with van der Waals surface area (Å²) in [6.45, 7) is 3.37. The van der Waals surface area contributed by atoms with Crippen LogP contribution in [-0.2, 0) is 22.6 Å². The van der Waals surface area contributed by atoms with Gasteiger partial charge in [-0.05, 0) is 11.6 Å². The maximum atomic E-state index is 5.76. The third kappa shape index (κ3) is 2.90. The standard InChI is InChI=1S/C14H20N2O2/c1-17-8-9-18-7-6-16-11-12(10-15)13-4-2-3-5-14(13)16/h2-5,11H,6-10,15H2,1H3. The van der Waals surface area contributed by atoms with E-state index in [-0.39, 0.29) is 0 Å². The zero-order valence-corrected chi connectivity index (χ0v) is 10.8. The minimum Gasteiger partial charge on any atom is -0.382 e. The van der Waals surface area contributed by atoms with Crippen LogP contribution in [0.25, 0.3) is 10.9 Å². The number of rotatable bonds is 7. The van der Waals surface area contributed by atoms with Gasteiger partial charge >= 0.3 is 0 Å². The molecule has 1 aromatic carbocycles. The molecule has 0 spiro atoms. The second-order valence-corrected chi connectivity index (χ2v) is 4.17. The molecule has 2 rings (SSSR count). The number of hydrogen-bond acceptors (Lipinski definition) is 3. The molecule has 4 nitrogen and oxygen atoms in total. The molecule has 0 fully saturated rings. The fourth-order valence-corrected chi connectivity index (χ4v) is 2.08. The van der Waals surface area contributed by atoms with E-state index >= 15 is 0 Å². The predicted molar refractivity (Wildman–Crippen MR) is 72.5 cm³/mol. The minimum absolute atomic E-state index is 0.568. The Morgan fingerprint density at radius 3 is 2.78 bits per heavy atom. The van der Waals surface area contributed by atoms with Crippen LogP contribution in [0, 0.1) is 0 Å². The van der Waals surface area contributed by atoms with Gasteiger partial charge in [0.1, 0.15) is 0 Å². The van der Waals surface area contributed by atoms with Gasteiger partial charge in [0.05, 0.1) is 19.8 Å². The van der Waals surface area contributed by atoms with Gasteiger partial charge in [-0.15, -0.1) is 0 Å². The van der Waals surface area contributed by atoms with Crippen molar-refractivity contribution in [3.63, 3.8) is 0 Å². The van der Waals surface area contributed by atoms with E-state index in [4.69, 9.17) is 15.2 Å². The number of fused-ring (bicyclic) bond motifs is 1. The number of aromatic nitrogens is 1. The van der Waals surface area contributed by atoms with Gasteiger partial charge in [-0.1, -0.05) is 18.2 Å². The van der Waals surface area contributed by atoms with E-state index in [1.54, 1.807) is 7.11 Å². The highest BCUT2D eigenvalue weighted by Gasteiger charge is 2.05. The van der Waals surface area contributed by atoms with Gasteiger partial charge in [0, 0.05) is 37.3 Å². The summed E-state index contributed by atoms with van der Waals surface area (Å²) in [5.74, 6) is 0. The van der Waals surface area contributed by atoms with E-state index in [1.807, 2.05) is 12.1 Å². The third-order valence-corrected chi connectivity index (χ3v) is 3.00. The van der Waals surface area contributed by atoms with E-state index in [2.05, 4.69) is 22.9 Å². The van der Waals surface area contributed by atoms with Gasteiger partial charge in [-0.25, -0.2) is 0 Å². The zero-order chi connectivity index (χ0) is 12.8. The maximum Gasteiger partial charge on any atom is 0.0701 e. The quantitative estimate of drug-likeness (QED) is 0.760. The van der Waals surface area contributed by atoms with Gasteiger partial charge in [0.15, 0.2) is 0 Å². The van der Waals surface area contributed by atoms with Crippen molar-refractivity contribution in [1.82, 2.24) is 4.57 Å². The average Bonchev–Trinajstić information content (AvgIpc) is 2.77. The highest BCUT2D eigenvalue weighted by atomic mass is 16.5. The smallest absolute Gasteiger partial charge is 0.0701 e. The molecule has 0 aliphatic heterocycles. The molecule has 0 atom stereocenters. The van der Waals surface area contributed by atoms with E-state index in [9.17, 15) is 0 Å². The Kier molecular flexibility index (Phi) is 4.75. The molecule has 1 heterocycles. The van der Waals surface area contributed by atoms with Gasteiger partial charge in [-0.3, -0.25) is 0 Å². The summed E-state index contributed by atoms with van der Waals surface area (Å²) in [6.07, 6.45) is 2.12. The largest absolute Gasteiger partial charge is 0.382 e. The first kappa shape index (κ1) is 13.1. The lowest BCUT2D eigenvalue weighted by Gasteiger charge is -2.06. The Labute approximate surface area is 107 Å². The number of benzene rings is 1. The van der Waals surface area contributed by atoms with Crippen LogP contribution in [0.2, 0.25) is 0 Å². The van der Waals surface area contributed by atoms with Crippen molar-refractivity contribution in [3.05, 3.63) is 36.0 Å². The molecule has 0 saturated heterocycles. The number of para-hydroxylation sites is 1. The molecular formula is C14H20N2O2. The van der Waals surface area contributed by atoms with Gasteiger partial charge in [0.25, 0.3) is 0 Å². The number of hydrogen-bond donors (Lipinski definition) is 1. The van der Waals surface area contributed by atoms with Crippen molar-refractivity contribution in [2.45, 2.75) is 13.1 Å². The van der Waals surface area contributed by atoms with Gasteiger partial charge in [0.2, 0.25) is 0 Å². The van der Waals surface area contributed by atoms with Crippen LogP contribution >= 0.6 is 0 Å². The molecule has 4 heteroatoms. The first-order valence-electron chi connectivity index (χ1n) is 6.20. The lowest BCUT2D eigenvalue weighted by Crippen LogP contribution is -2.08. The van der Waals surface area contributed by atoms with Crippen molar-refractivity contribution in [2.75, 3.05) is 26.9 Å². The highest BCUT2D eigenvalue weighted by molar-refractivity contribution is 5.83. The van der Waals surface area contributed by atoms with E-state index in [1.165, 1.54) is 16.5 Å². The topological polar surface area (TPSA) is 49.4 Å². The van der Waals surface area contributed by atoms with E-state index in [0.717, 1.165) is 6.54 Å². The highest BCUT2D eigenvalue weighted by Crippen LogP contribution is 2.20. The Bertz CT molecular complexity index is 493. The number of nitrogens with zero attached hydrogens (tertiary/aromatic N) is 1. The van der Waals surface area contributed by atoms with Gasteiger partial charge < -0.3 is 19.8 Å². The molecule has 98 valence electrons. The third-order valence-electron chi connectivity index (χ3n) is 3.00. The summed E-state index contributed by atoms with van der Waals surface area (Å²) in [7, 11) is 1.68. The van der Waals surface area contributed by atoms with Crippen LogP contribution in [0.5, 0.6) is 0 Å². The summed E-state index contributed by atoms with van der Waals surface area (Å²) < 4.78 is 12.6. The number of ether oxygens (including phenoxy) is 2. The summed E-state index contributed by atoms with van der Waals surface area (Å²) in [4.78, 5) is 0. The summed E-state index contributed by atoms with van der Waals surface area (Å²) in [6, 6.07) is 8.31. The second kappa shape index (κ2) is 6.54. The number of methoxy groups -OCH3 is 1. The monoisotopic (exact) mass is 248 g/mol. The summed E-state index contributed by atoms with van der Waals surface area (Å²) in [5.41, 5.74) is 8.16. The van der Waals surface area contributed by atoms with Crippen molar-refractivity contribution in [2.24, 2.45) is 5.73 Å². The molecule has 18 heavy (non-hydrogen) atoms. The first-order chi connectivity index (χ1) is 8.86. The number of nitrogens with two attached hydrogens (primary N) is 1. The Morgan fingerprint density at radius 2 is 2.00 bits per heavy atom. The van der Waals surface area contributed by atoms with Crippen molar-refractivity contribution < 1.29 is 9.47 Å². The van der Waals surface area contributed by atoms with Crippen LogP contribution in [0.1, 0.15) is 5.56 Å². The van der Waals surface area contributed by atoms with Crippen LogP contribution < -0.4 is 5.73 Å².